The number of aliphatic hydroxyl groups excluding tert-OH is 2. The van der Waals surface area contributed by atoms with Gasteiger partial charge in [0.2, 0.25) is 0 Å². The Kier molecular flexibility index (Phi) is 8.17. The van der Waals surface area contributed by atoms with Crippen molar-refractivity contribution < 1.29 is 19.3 Å². The number of halogens is 1. The van der Waals surface area contributed by atoms with Crippen molar-refractivity contribution in [2.45, 2.75) is 61.1 Å². The first-order chi connectivity index (χ1) is 20.4. The summed E-state index contributed by atoms with van der Waals surface area (Å²) in [6, 6.07) is 15.3. The van der Waals surface area contributed by atoms with Gasteiger partial charge in [0, 0.05) is 30.1 Å². The largest absolute Gasteiger partial charge is 0.487 e. The molecule has 2 aliphatic heterocycles. The molecule has 0 radical (unpaired) electrons. The number of H-pyrrole nitrogens is 1. The lowest BCUT2D eigenvalue weighted by molar-refractivity contribution is -0.0314. The highest BCUT2D eigenvalue weighted by atomic mass is 32.2. The summed E-state index contributed by atoms with van der Waals surface area (Å²) in [6.07, 6.45) is 2.60. The maximum absolute atomic E-state index is 14.4. The number of benzene rings is 2. The Bertz CT molecular complexity index is 1660. The van der Waals surface area contributed by atoms with Crippen molar-refractivity contribution in [3.63, 3.8) is 0 Å². The number of aromatic nitrogens is 3. The number of anilines is 1. The summed E-state index contributed by atoms with van der Waals surface area (Å²) in [4.78, 5) is 19.7. The van der Waals surface area contributed by atoms with E-state index >= 15 is 0 Å². The number of rotatable bonds is 7. The van der Waals surface area contributed by atoms with Crippen molar-refractivity contribution in [1.82, 2.24) is 20.1 Å². The molecule has 4 N–H and O–H groups in total. The summed E-state index contributed by atoms with van der Waals surface area (Å²) in [7, 11) is 0. The lowest BCUT2D eigenvalue weighted by atomic mass is 10.0. The molecular weight excluding hydrogens is 559 g/mol. The second kappa shape index (κ2) is 12.1. The van der Waals surface area contributed by atoms with Crippen LogP contribution >= 0.6 is 11.8 Å². The van der Waals surface area contributed by atoms with Crippen LogP contribution in [0.1, 0.15) is 42.9 Å². The van der Waals surface area contributed by atoms with E-state index in [0.29, 0.717) is 46.0 Å². The number of para-hydroxylation sites is 1. The molecule has 0 saturated carbocycles. The highest BCUT2D eigenvalue weighted by molar-refractivity contribution is 7.99. The molecule has 42 heavy (non-hydrogen) atoms. The summed E-state index contributed by atoms with van der Waals surface area (Å²) in [5.74, 6) is 0.159. The topological polar surface area (TPSA) is 139 Å². The molecule has 2 fully saturated rings. The Labute approximate surface area is 245 Å². The average molecular weight is 591 g/mol. The number of nitrogens with zero attached hydrogens (tertiary/aromatic N) is 4. The molecule has 0 aliphatic carbocycles. The smallest absolute Gasteiger partial charge is 0.274 e. The minimum absolute atomic E-state index is 0.256. The maximum Gasteiger partial charge on any atom is 0.274 e. The number of nitrogens with one attached hydrogen (secondary N) is 2. The lowest BCUT2D eigenvalue weighted by Gasteiger charge is -2.33. The third-order valence-corrected chi connectivity index (χ3v) is 9.13. The molecule has 2 aromatic carbocycles. The Morgan fingerprint density at radius 2 is 1.95 bits per heavy atom. The molecule has 4 aromatic rings. The van der Waals surface area contributed by atoms with E-state index < -0.39 is 18.5 Å². The van der Waals surface area contributed by atoms with Crippen LogP contribution in [0.5, 0.6) is 5.75 Å². The first-order valence-electron chi connectivity index (χ1n) is 13.9. The standard InChI is InChI=1S/C30H31FN6O4S/c31-22-14-18(15-32)4-6-23(22)36-12-10-20(11-13-36)42-27-9-5-19(16-33-27)17-41-25-3-1-2-21-28(25)35-37(30(21)40)24-7-8-26(38)34-29(24)39/h1-6,9,14,16,20,24,26,29,34-35,38-39H,7-8,10-13,17H2/t24-,26-,29-/m0/s1. The van der Waals surface area contributed by atoms with Crippen LogP contribution in [0.4, 0.5) is 10.1 Å². The zero-order valence-electron chi connectivity index (χ0n) is 22.7. The first-order valence-corrected chi connectivity index (χ1v) is 14.8. The van der Waals surface area contributed by atoms with Crippen LogP contribution in [-0.4, -0.2) is 55.8 Å². The fraction of sp³-hybridized carbons (Fsp3) is 0.367. The number of aromatic amines is 1. The number of ether oxygens (including phenoxy) is 1. The molecule has 3 atom stereocenters. The summed E-state index contributed by atoms with van der Waals surface area (Å²) in [5.41, 5.74) is 2.04. The molecule has 0 unspecified atom stereocenters. The Balaban J connectivity index is 1.05. The van der Waals surface area contributed by atoms with E-state index in [0.717, 1.165) is 36.5 Å². The normalized spacial score (nSPS) is 21.4. The van der Waals surface area contributed by atoms with Crippen LogP contribution in [-0.2, 0) is 6.61 Å². The third-order valence-electron chi connectivity index (χ3n) is 7.84. The van der Waals surface area contributed by atoms with Gasteiger partial charge in [-0.25, -0.2) is 14.1 Å². The molecule has 2 aromatic heterocycles. The fourth-order valence-corrected chi connectivity index (χ4v) is 6.62. The average Bonchev–Trinajstić information content (AvgIpc) is 3.33. The van der Waals surface area contributed by atoms with Crippen molar-refractivity contribution in [3.05, 3.63) is 82.0 Å². The number of fused-ring (bicyclic) bond motifs is 1. The van der Waals surface area contributed by atoms with E-state index in [-0.39, 0.29) is 18.0 Å². The molecule has 0 spiro atoms. The molecule has 2 saturated heterocycles. The van der Waals surface area contributed by atoms with Crippen molar-refractivity contribution in [2.24, 2.45) is 0 Å². The van der Waals surface area contributed by atoms with Crippen molar-refractivity contribution in [1.29, 1.82) is 5.26 Å². The van der Waals surface area contributed by atoms with E-state index in [1.54, 1.807) is 48.3 Å². The summed E-state index contributed by atoms with van der Waals surface area (Å²) in [5, 5.41) is 36.6. The number of thioether (sulfide) groups is 1. The molecule has 4 heterocycles. The second-order valence-corrected chi connectivity index (χ2v) is 11.9. The van der Waals surface area contributed by atoms with Crippen LogP contribution < -0.4 is 20.5 Å². The Morgan fingerprint density at radius 3 is 2.67 bits per heavy atom. The highest BCUT2D eigenvalue weighted by Gasteiger charge is 2.31. The van der Waals surface area contributed by atoms with E-state index in [9.17, 15) is 19.4 Å². The van der Waals surface area contributed by atoms with E-state index in [1.807, 2.05) is 23.1 Å². The number of aliphatic hydroxyl groups is 2. The van der Waals surface area contributed by atoms with Gasteiger partial charge in [-0.15, -0.1) is 11.8 Å². The zero-order chi connectivity index (χ0) is 29.2. The Hall–Kier alpha value is -3.89. The van der Waals surface area contributed by atoms with Crippen LogP contribution in [0.15, 0.2) is 64.5 Å². The molecule has 10 nitrogen and oxygen atoms in total. The lowest BCUT2D eigenvalue weighted by Crippen LogP contribution is -2.49. The fourth-order valence-electron chi connectivity index (χ4n) is 5.57. The number of piperidine rings is 2. The molecule has 0 amide bonds. The zero-order valence-corrected chi connectivity index (χ0v) is 23.6. The summed E-state index contributed by atoms with van der Waals surface area (Å²) in [6.45, 7) is 1.73. The predicted molar refractivity (Wildman–Crippen MR) is 157 cm³/mol. The van der Waals surface area contributed by atoms with Crippen LogP contribution in [0, 0.1) is 17.1 Å². The number of hydrogen-bond acceptors (Lipinski definition) is 9. The summed E-state index contributed by atoms with van der Waals surface area (Å²) >= 11 is 1.72. The molecule has 0 bridgehead atoms. The van der Waals surface area contributed by atoms with Gasteiger partial charge in [0.05, 0.1) is 33.8 Å². The monoisotopic (exact) mass is 590 g/mol. The molecule has 12 heteroatoms. The minimum atomic E-state index is -1.05. The van der Waals surface area contributed by atoms with E-state index in [1.165, 1.54) is 10.7 Å². The quantitative estimate of drug-likeness (QED) is 0.254. The predicted octanol–water partition coefficient (Wildman–Crippen LogP) is 3.64. The van der Waals surface area contributed by atoms with Crippen LogP contribution in [0.2, 0.25) is 0 Å². The molecule has 6 rings (SSSR count). The van der Waals surface area contributed by atoms with E-state index in [2.05, 4.69) is 15.4 Å². The molecular formula is C30H31FN6O4S. The number of nitriles is 1. The van der Waals surface area contributed by atoms with Gasteiger partial charge >= 0.3 is 0 Å². The SMILES string of the molecule is N#Cc1ccc(N2CCC(Sc3ccc(COc4cccc5c(=O)n([C@H]6CC[C@H](O)N[C@H]6O)[nH]c45)cn3)CC2)c(F)c1. The molecule has 2 aliphatic rings. The first kappa shape index (κ1) is 28.2. The van der Waals surface area contributed by atoms with Gasteiger partial charge in [-0.1, -0.05) is 12.1 Å². The van der Waals surface area contributed by atoms with E-state index in [4.69, 9.17) is 10.00 Å². The van der Waals surface area contributed by atoms with Gasteiger partial charge in [0.25, 0.3) is 5.56 Å². The number of hydrogen-bond donors (Lipinski definition) is 4. The van der Waals surface area contributed by atoms with Crippen molar-refractivity contribution >= 4 is 28.4 Å². The highest BCUT2D eigenvalue weighted by Crippen LogP contribution is 2.32. The second-order valence-electron chi connectivity index (χ2n) is 10.6. The van der Waals surface area contributed by atoms with Crippen LogP contribution in [0.3, 0.4) is 0 Å². The van der Waals surface area contributed by atoms with Crippen molar-refractivity contribution in [3.8, 4) is 11.8 Å². The van der Waals surface area contributed by atoms with Crippen molar-refractivity contribution in [2.75, 3.05) is 18.0 Å². The van der Waals surface area contributed by atoms with Gasteiger partial charge in [0.15, 0.2) is 0 Å². The third kappa shape index (κ3) is 5.87. The Morgan fingerprint density at radius 1 is 1.12 bits per heavy atom. The van der Waals surface area contributed by atoms with Gasteiger partial charge in [-0.05, 0) is 62.1 Å². The number of pyridine rings is 1. The van der Waals surface area contributed by atoms with Gasteiger partial charge in [0.1, 0.15) is 36.1 Å². The van der Waals surface area contributed by atoms with Gasteiger partial charge in [-0.3, -0.25) is 15.2 Å². The molecule has 218 valence electrons. The van der Waals surface area contributed by atoms with Gasteiger partial charge < -0.3 is 19.8 Å². The summed E-state index contributed by atoms with van der Waals surface area (Å²) < 4.78 is 21.9. The van der Waals surface area contributed by atoms with Crippen LogP contribution in [0.25, 0.3) is 10.9 Å². The minimum Gasteiger partial charge on any atom is -0.487 e. The maximum atomic E-state index is 14.4. The van der Waals surface area contributed by atoms with Gasteiger partial charge in [-0.2, -0.15) is 5.26 Å².